The lowest BCUT2D eigenvalue weighted by Crippen LogP contribution is -2.30. The molecule has 1 aromatic rings. The van der Waals surface area contributed by atoms with E-state index in [1.165, 1.54) is 6.20 Å². The maximum Gasteiger partial charge on any atom is 0.341 e. The molecule has 0 saturated carbocycles. The second-order valence-electron chi connectivity index (χ2n) is 5.21. The molecule has 7 nitrogen and oxygen atoms in total. The van der Waals surface area contributed by atoms with Crippen LogP contribution in [0, 0.1) is 23.0 Å². The molecule has 0 radical (unpaired) electrons. The van der Waals surface area contributed by atoms with Crippen LogP contribution in [-0.4, -0.2) is 41.7 Å². The van der Waals surface area contributed by atoms with Crippen molar-refractivity contribution in [2.24, 2.45) is 5.92 Å². The van der Waals surface area contributed by atoms with Crippen LogP contribution in [0.4, 0.5) is 15.9 Å². The number of hydrogen-bond donors (Lipinski definition) is 0. The third-order valence-electron chi connectivity index (χ3n) is 3.74. The molecule has 1 saturated heterocycles. The molecule has 8 heteroatoms. The monoisotopic (exact) mass is 311 g/mol. The molecule has 2 rings (SSSR count). The minimum Gasteiger partial charge on any atom is -0.464 e. The van der Waals surface area contributed by atoms with E-state index < -0.39 is 23.0 Å². The topological polar surface area (TPSA) is 85.6 Å². The van der Waals surface area contributed by atoms with Gasteiger partial charge >= 0.3 is 11.7 Å². The van der Waals surface area contributed by atoms with Crippen molar-refractivity contribution in [3.8, 4) is 0 Å². The molecule has 1 aliphatic heterocycles. The van der Waals surface area contributed by atoms with Gasteiger partial charge in [-0.1, -0.05) is 0 Å². The molecule has 0 spiro atoms. The van der Waals surface area contributed by atoms with Gasteiger partial charge in [-0.15, -0.1) is 0 Å². The van der Waals surface area contributed by atoms with Crippen LogP contribution in [0.1, 0.15) is 18.9 Å². The Bertz CT molecular complexity index is 581. The molecule has 120 valence electrons. The van der Waals surface area contributed by atoms with E-state index in [0.717, 1.165) is 0 Å². The Morgan fingerprint density at radius 2 is 2.41 bits per heavy atom. The smallest absolute Gasteiger partial charge is 0.341 e. The summed E-state index contributed by atoms with van der Waals surface area (Å²) in [5.41, 5.74) is 0.426. The molecular weight excluding hydrogens is 293 g/mol. The van der Waals surface area contributed by atoms with Crippen LogP contribution in [0.5, 0.6) is 0 Å². The van der Waals surface area contributed by atoms with E-state index >= 15 is 0 Å². The van der Waals surface area contributed by atoms with E-state index in [1.54, 1.807) is 24.8 Å². The molecule has 1 fully saturated rings. The molecule has 0 bridgehead atoms. The van der Waals surface area contributed by atoms with Crippen LogP contribution in [0.2, 0.25) is 0 Å². The van der Waals surface area contributed by atoms with Crippen LogP contribution in [0.3, 0.4) is 0 Å². The van der Waals surface area contributed by atoms with E-state index in [-0.39, 0.29) is 24.7 Å². The third kappa shape index (κ3) is 3.15. The molecule has 0 N–H and O–H groups in total. The number of carbonyl (C=O) groups excluding carboxylic acids is 1. The average molecular weight is 311 g/mol. The second-order valence-corrected chi connectivity index (χ2v) is 5.21. The Hall–Kier alpha value is -2.25. The van der Waals surface area contributed by atoms with Gasteiger partial charge in [-0.05, 0) is 26.3 Å². The zero-order valence-corrected chi connectivity index (χ0v) is 12.5. The Balaban J connectivity index is 2.16. The molecule has 0 aliphatic carbocycles. The number of anilines is 1. The van der Waals surface area contributed by atoms with Crippen molar-refractivity contribution < 1.29 is 18.8 Å². The second kappa shape index (κ2) is 6.67. The first kappa shape index (κ1) is 16.1. The van der Waals surface area contributed by atoms with Gasteiger partial charge < -0.3 is 9.64 Å². The van der Waals surface area contributed by atoms with E-state index in [9.17, 15) is 19.3 Å². The molecule has 2 atom stereocenters. The number of hydrogen-bond acceptors (Lipinski definition) is 6. The van der Waals surface area contributed by atoms with Gasteiger partial charge in [0, 0.05) is 30.8 Å². The quantitative estimate of drug-likeness (QED) is 0.470. The van der Waals surface area contributed by atoms with E-state index in [1.807, 2.05) is 0 Å². The number of pyridine rings is 1. The zero-order chi connectivity index (χ0) is 16.3. The maximum atomic E-state index is 14.1. The van der Waals surface area contributed by atoms with Gasteiger partial charge in [-0.2, -0.15) is 0 Å². The van der Waals surface area contributed by atoms with Crippen LogP contribution >= 0.6 is 0 Å². The molecule has 1 aromatic heterocycles. The van der Waals surface area contributed by atoms with Crippen molar-refractivity contribution in [3.05, 3.63) is 27.9 Å². The summed E-state index contributed by atoms with van der Waals surface area (Å²) in [7, 11) is 0. The van der Waals surface area contributed by atoms with E-state index in [0.29, 0.717) is 18.5 Å². The summed E-state index contributed by atoms with van der Waals surface area (Å²) in [5, 5.41) is 11.2. The lowest BCUT2D eigenvalue weighted by atomic mass is 10.0. The minimum absolute atomic E-state index is 0.0744. The fourth-order valence-electron chi connectivity index (χ4n) is 2.63. The number of aryl methyl sites for hydroxylation is 1. The summed E-state index contributed by atoms with van der Waals surface area (Å²) in [6, 6.07) is 1.56. The molecule has 22 heavy (non-hydrogen) atoms. The maximum absolute atomic E-state index is 14.1. The summed E-state index contributed by atoms with van der Waals surface area (Å²) in [6.07, 6.45) is 0.199. The van der Waals surface area contributed by atoms with Gasteiger partial charge in [-0.25, -0.2) is 14.2 Å². The van der Waals surface area contributed by atoms with Gasteiger partial charge in [0.05, 0.1) is 11.5 Å². The number of nitro groups is 1. The molecular formula is C14H18FN3O4. The normalized spacial score (nSPS) is 19.0. The number of ether oxygens (including phenoxy) is 1. The molecule has 0 aromatic carbocycles. The van der Waals surface area contributed by atoms with Gasteiger partial charge in [0.25, 0.3) is 0 Å². The summed E-state index contributed by atoms with van der Waals surface area (Å²) in [6.45, 7) is 4.00. The van der Waals surface area contributed by atoms with Crippen molar-refractivity contribution in [2.75, 3.05) is 24.6 Å². The molecule has 0 amide bonds. The minimum atomic E-state index is -1.71. The number of rotatable bonds is 5. The van der Waals surface area contributed by atoms with Crippen molar-refractivity contribution in [1.82, 2.24) is 4.98 Å². The first-order chi connectivity index (χ1) is 10.5. The van der Waals surface area contributed by atoms with Gasteiger partial charge in [0.15, 0.2) is 0 Å². The van der Waals surface area contributed by atoms with Crippen LogP contribution in [0.15, 0.2) is 12.3 Å². The van der Waals surface area contributed by atoms with Crippen LogP contribution < -0.4 is 4.90 Å². The van der Waals surface area contributed by atoms with Gasteiger partial charge in [0.2, 0.25) is 12.0 Å². The van der Waals surface area contributed by atoms with Crippen LogP contribution in [0.25, 0.3) is 0 Å². The Labute approximate surface area is 127 Å². The summed E-state index contributed by atoms with van der Waals surface area (Å²) in [5.74, 6) is -1.19. The summed E-state index contributed by atoms with van der Waals surface area (Å²) < 4.78 is 18.7. The lowest BCUT2D eigenvalue weighted by molar-refractivity contribution is -0.384. The largest absolute Gasteiger partial charge is 0.464 e. The lowest BCUT2D eigenvalue weighted by Gasteiger charge is -2.19. The number of aromatic nitrogens is 1. The Morgan fingerprint density at radius 1 is 1.68 bits per heavy atom. The Kier molecular flexibility index (Phi) is 4.89. The van der Waals surface area contributed by atoms with E-state index in [4.69, 9.17) is 0 Å². The summed E-state index contributed by atoms with van der Waals surface area (Å²) in [4.78, 5) is 27.9. The van der Waals surface area contributed by atoms with Crippen molar-refractivity contribution >= 4 is 17.5 Å². The first-order valence-corrected chi connectivity index (χ1v) is 7.11. The molecule has 1 aliphatic rings. The standard InChI is InChI=1S/C14H18FN3O4/c1-3-22-14(19)11(15)10-5-7-17(8-10)13-12(18(20)21)9(2)4-6-16-13/h4,6,10-11H,3,5,7-8H2,1-2H3/t10-,11+/m0/s1. The number of alkyl halides is 1. The van der Waals surface area contributed by atoms with Gasteiger partial charge in [0.1, 0.15) is 0 Å². The molecule has 2 heterocycles. The first-order valence-electron chi connectivity index (χ1n) is 7.11. The Morgan fingerprint density at radius 3 is 3.05 bits per heavy atom. The highest BCUT2D eigenvalue weighted by molar-refractivity contribution is 5.75. The fraction of sp³-hybridized carbons (Fsp3) is 0.571. The summed E-state index contributed by atoms with van der Waals surface area (Å²) >= 11 is 0. The highest BCUT2D eigenvalue weighted by Gasteiger charge is 2.37. The van der Waals surface area contributed by atoms with Crippen LogP contribution in [-0.2, 0) is 9.53 Å². The average Bonchev–Trinajstić information content (AvgIpc) is 2.95. The predicted molar refractivity (Wildman–Crippen MR) is 77.5 cm³/mol. The molecule has 0 unspecified atom stereocenters. The highest BCUT2D eigenvalue weighted by atomic mass is 19.1. The third-order valence-corrected chi connectivity index (χ3v) is 3.74. The van der Waals surface area contributed by atoms with Crippen molar-refractivity contribution in [2.45, 2.75) is 26.4 Å². The van der Waals surface area contributed by atoms with E-state index in [2.05, 4.69) is 9.72 Å². The highest BCUT2D eigenvalue weighted by Crippen LogP contribution is 2.33. The van der Waals surface area contributed by atoms with Gasteiger partial charge in [-0.3, -0.25) is 10.1 Å². The fourth-order valence-corrected chi connectivity index (χ4v) is 2.63. The van der Waals surface area contributed by atoms with Crippen molar-refractivity contribution in [1.29, 1.82) is 0 Å². The SMILES string of the molecule is CCOC(=O)[C@H](F)[C@H]1CCN(c2nccc(C)c2[N+](=O)[O-])C1. The van der Waals surface area contributed by atoms with Crippen molar-refractivity contribution in [3.63, 3.8) is 0 Å². The zero-order valence-electron chi connectivity index (χ0n) is 12.5. The predicted octanol–water partition coefficient (Wildman–Crippen LogP) is 2.03. The number of halogens is 1. The number of nitrogens with zero attached hydrogens (tertiary/aromatic N) is 3. The number of esters is 1. The number of carbonyl (C=O) groups is 1.